The van der Waals surface area contributed by atoms with E-state index in [2.05, 4.69) is 4.74 Å². The van der Waals surface area contributed by atoms with Crippen LogP contribution in [-0.4, -0.2) is 43.6 Å². The molecule has 4 rings (SSSR count). The van der Waals surface area contributed by atoms with E-state index in [1.165, 1.54) is 13.2 Å². The third kappa shape index (κ3) is 6.42. The Morgan fingerprint density at radius 1 is 1.00 bits per heavy atom. The largest absolute Gasteiger partial charge is 0.493 e. The molecule has 1 heterocycles. The second-order valence-corrected chi connectivity index (χ2v) is 9.21. The van der Waals surface area contributed by atoms with Gasteiger partial charge in [0.25, 0.3) is 5.91 Å². The van der Waals surface area contributed by atoms with Crippen LogP contribution >= 0.6 is 23.2 Å². The summed E-state index contributed by atoms with van der Waals surface area (Å²) in [4.78, 5) is 26.4. The van der Waals surface area contributed by atoms with Crippen LogP contribution in [0.1, 0.15) is 71.7 Å². The highest BCUT2D eigenvalue weighted by atomic mass is 35.5. The average Bonchev–Trinajstić information content (AvgIpc) is 3.68. The van der Waals surface area contributed by atoms with Gasteiger partial charge in [0.1, 0.15) is 11.6 Å². The molecule has 2 aliphatic rings. The predicted octanol–water partition coefficient (Wildman–Crippen LogP) is 6.75. The zero-order valence-corrected chi connectivity index (χ0v) is 21.2. The number of hydrogen-bond acceptors (Lipinski definition) is 4. The minimum absolute atomic E-state index is 0.0605. The van der Waals surface area contributed by atoms with Gasteiger partial charge in [-0.3, -0.25) is 4.79 Å². The summed E-state index contributed by atoms with van der Waals surface area (Å²) < 4.78 is 25.1. The molecule has 1 aliphatic heterocycles. The first-order chi connectivity index (χ1) is 16.4. The van der Waals surface area contributed by atoms with Crippen LogP contribution in [0.15, 0.2) is 30.3 Å². The van der Waals surface area contributed by atoms with Crippen LogP contribution in [0.3, 0.4) is 0 Å². The topological polar surface area (TPSA) is 55.8 Å². The Hall–Kier alpha value is -2.31. The summed E-state index contributed by atoms with van der Waals surface area (Å²) in [5.74, 6) is -0.392. The minimum atomic E-state index is -0.686. The highest BCUT2D eigenvalue weighted by Gasteiger charge is 2.30. The van der Waals surface area contributed by atoms with Gasteiger partial charge in [0.05, 0.1) is 19.3 Å². The molecule has 2 aromatic rings. The van der Waals surface area contributed by atoms with Crippen LogP contribution in [0.2, 0.25) is 10.0 Å². The van der Waals surface area contributed by atoms with Gasteiger partial charge < -0.3 is 14.4 Å². The summed E-state index contributed by atoms with van der Waals surface area (Å²) >= 11 is 12.0. The van der Waals surface area contributed by atoms with E-state index in [1.807, 2.05) is 13.8 Å². The Balaban J connectivity index is 0.00000158. The van der Waals surface area contributed by atoms with Crippen LogP contribution in [0, 0.1) is 11.7 Å². The van der Waals surface area contributed by atoms with Crippen LogP contribution in [-0.2, 0) is 4.74 Å². The monoisotopic (exact) mass is 509 g/mol. The van der Waals surface area contributed by atoms with Gasteiger partial charge in [-0.1, -0.05) is 37.0 Å². The molecule has 8 heteroatoms. The van der Waals surface area contributed by atoms with Gasteiger partial charge in [-0.25, -0.2) is 9.18 Å². The number of rotatable bonds is 6. The molecule has 1 amide bonds. The number of carbonyl (C=O) groups is 2. The fourth-order valence-corrected chi connectivity index (χ4v) is 4.57. The van der Waals surface area contributed by atoms with Crippen molar-refractivity contribution in [3.8, 4) is 5.75 Å². The molecule has 0 atom stereocenters. The summed E-state index contributed by atoms with van der Waals surface area (Å²) in [6.45, 7) is 5.63. The van der Waals surface area contributed by atoms with E-state index in [0.717, 1.165) is 31.2 Å². The number of benzene rings is 2. The zero-order valence-electron chi connectivity index (χ0n) is 19.7. The minimum Gasteiger partial charge on any atom is -0.493 e. The molecule has 2 aromatic carbocycles. The van der Waals surface area contributed by atoms with Crippen molar-refractivity contribution in [1.82, 2.24) is 4.90 Å². The predicted molar refractivity (Wildman–Crippen MR) is 132 cm³/mol. The van der Waals surface area contributed by atoms with Crippen molar-refractivity contribution in [2.24, 2.45) is 5.92 Å². The lowest BCUT2D eigenvalue weighted by Gasteiger charge is -2.32. The molecule has 2 fully saturated rings. The summed E-state index contributed by atoms with van der Waals surface area (Å²) in [6, 6.07) is 7.70. The standard InChI is InChI=1S/C24H24Cl2FNO4.C2H6/c1-31-24(30)20-11-19(15-2-3-15)22(12-21(20)27)32-13-14-4-6-28(7-5-14)23(29)16-8-17(25)10-18(26)9-16;1-2/h8-12,14-15H,2-7,13H2,1H3;1-2H3. The van der Waals surface area contributed by atoms with E-state index in [-0.39, 0.29) is 23.3 Å². The molecule has 0 radical (unpaired) electrons. The average molecular weight is 510 g/mol. The van der Waals surface area contributed by atoms with Crippen molar-refractivity contribution >= 4 is 35.1 Å². The first-order valence-corrected chi connectivity index (χ1v) is 12.4. The Morgan fingerprint density at radius 3 is 2.18 bits per heavy atom. The highest BCUT2D eigenvalue weighted by Crippen LogP contribution is 2.45. The SMILES string of the molecule is CC.COC(=O)c1cc(C2CC2)c(OCC2CCN(C(=O)c3cc(Cl)cc(Cl)c3)CC2)cc1F. The molecule has 0 aromatic heterocycles. The molecule has 1 saturated carbocycles. The second kappa shape index (κ2) is 11.9. The van der Waals surface area contributed by atoms with Crippen molar-refractivity contribution in [2.45, 2.75) is 45.4 Å². The molecule has 5 nitrogen and oxygen atoms in total. The first-order valence-electron chi connectivity index (χ1n) is 11.7. The fraction of sp³-hybridized carbons (Fsp3) is 0.462. The van der Waals surface area contributed by atoms with Gasteiger partial charge in [-0.15, -0.1) is 0 Å². The Labute approximate surface area is 210 Å². The quantitative estimate of drug-likeness (QED) is 0.404. The van der Waals surface area contributed by atoms with Crippen molar-refractivity contribution in [3.05, 3.63) is 62.9 Å². The zero-order chi connectivity index (χ0) is 24.8. The smallest absolute Gasteiger partial charge is 0.340 e. The maximum absolute atomic E-state index is 14.4. The number of amides is 1. The third-order valence-electron chi connectivity index (χ3n) is 6.01. The summed E-state index contributed by atoms with van der Waals surface area (Å²) in [5.41, 5.74) is 1.28. The van der Waals surface area contributed by atoms with Crippen LogP contribution in [0.4, 0.5) is 4.39 Å². The number of likely N-dealkylation sites (tertiary alicyclic amines) is 1. The second-order valence-electron chi connectivity index (χ2n) is 8.34. The van der Waals surface area contributed by atoms with Gasteiger partial charge in [-0.2, -0.15) is 0 Å². The van der Waals surface area contributed by atoms with E-state index in [1.54, 1.807) is 29.2 Å². The molecular weight excluding hydrogens is 480 g/mol. The van der Waals surface area contributed by atoms with Crippen LogP contribution in [0.25, 0.3) is 0 Å². The van der Waals surface area contributed by atoms with Crippen molar-refractivity contribution in [3.63, 3.8) is 0 Å². The van der Waals surface area contributed by atoms with Crippen LogP contribution < -0.4 is 4.74 Å². The van der Waals surface area contributed by atoms with E-state index in [9.17, 15) is 14.0 Å². The van der Waals surface area contributed by atoms with E-state index < -0.39 is 11.8 Å². The molecule has 1 saturated heterocycles. The normalized spacial score (nSPS) is 15.9. The van der Waals surface area contributed by atoms with Gasteiger partial charge >= 0.3 is 5.97 Å². The fourth-order valence-electron chi connectivity index (χ4n) is 4.05. The number of methoxy groups -OCH3 is 1. The maximum atomic E-state index is 14.4. The summed E-state index contributed by atoms with van der Waals surface area (Å²) in [5, 5.41) is 0.863. The lowest BCUT2D eigenvalue weighted by Crippen LogP contribution is -2.39. The van der Waals surface area contributed by atoms with Crippen molar-refractivity contribution in [2.75, 3.05) is 26.8 Å². The molecular formula is C26H30Cl2FNO4. The lowest BCUT2D eigenvalue weighted by atomic mass is 9.97. The number of carbonyl (C=O) groups excluding carboxylic acids is 2. The van der Waals surface area contributed by atoms with E-state index in [4.69, 9.17) is 27.9 Å². The molecule has 0 spiro atoms. The Morgan fingerprint density at radius 2 is 1.62 bits per heavy atom. The number of piperidine rings is 1. The molecule has 184 valence electrons. The summed E-state index contributed by atoms with van der Waals surface area (Å²) in [6.07, 6.45) is 3.55. The van der Waals surface area contributed by atoms with Gasteiger partial charge in [0, 0.05) is 34.8 Å². The van der Waals surface area contributed by atoms with E-state index >= 15 is 0 Å². The van der Waals surface area contributed by atoms with Crippen molar-refractivity contribution in [1.29, 1.82) is 0 Å². The number of nitrogens with zero attached hydrogens (tertiary/aromatic N) is 1. The molecule has 0 unspecified atom stereocenters. The highest BCUT2D eigenvalue weighted by molar-refractivity contribution is 6.35. The van der Waals surface area contributed by atoms with Crippen LogP contribution in [0.5, 0.6) is 5.75 Å². The maximum Gasteiger partial charge on any atom is 0.340 e. The number of hydrogen-bond donors (Lipinski definition) is 0. The molecule has 1 aliphatic carbocycles. The molecule has 0 N–H and O–H groups in total. The van der Waals surface area contributed by atoms with Crippen molar-refractivity contribution < 1.29 is 23.5 Å². The van der Waals surface area contributed by atoms with Gasteiger partial charge in [0.15, 0.2) is 0 Å². The number of esters is 1. The molecule has 0 bridgehead atoms. The summed E-state index contributed by atoms with van der Waals surface area (Å²) in [7, 11) is 1.24. The molecule has 34 heavy (non-hydrogen) atoms. The van der Waals surface area contributed by atoms with Gasteiger partial charge in [0.2, 0.25) is 0 Å². The third-order valence-corrected chi connectivity index (χ3v) is 6.44. The Bertz CT molecular complexity index is 1010. The number of halogens is 3. The van der Waals surface area contributed by atoms with E-state index in [0.29, 0.717) is 41.1 Å². The van der Waals surface area contributed by atoms with Gasteiger partial charge in [-0.05, 0) is 67.3 Å². The lowest BCUT2D eigenvalue weighted by molar-refractivity contribution is 0.0593. The Kier molecular flexibility index (Phi) is 9.20. The number of ether oxygens (including phenoxy) is 2. The first kappa shape index (κ1) is 26.3.